The number of nitrogen functional groups attached to an aromatic ring is 1. The number of piperazine rings is 1. The van der Waals surface area contributed by atoms with Crippen LogP contribution >= 0.6 is 0 Å². The van der Waals surface area contributed by atoms with Crippen molar-refractivity contribution in [3.63, 3.8) is 0 Å². The Morgan fingerprint density at radius 2 is 1.96 bits per heavy atom. The SMILES string of the molecule is CC(c1nc(N)nc(N(C)C)n1)N1CCN(Cc2ccco2)CC1. The first kappa shape index (κ1) is 16.7. The van der Waals surface area contributed by atoms with Gasteiger partial charge in [0.25, 0.3) is 0 Å². The van der Waals surface area contributed by atoms with Crippen molar-refractivity contribution in [2.45, 2.75) is 19.5 Å². The number of nitrogens with two attached hydrogens (primary N) is 1. The van der Waals surface area contributed by atoms with Gasteiger partial charge in [0.05, 0.1) is 18.8 Å². The summed E-state index contributed by atoms with van der Waals surface area (Å²) in [6.07, 6.45) is 1.72. The third-order valence-electron chi connectivity index (χ3n) is 4.35. The van der Waals surface area contributed by atoms with Gasteiger partial charge in [0, 0.05) is 40.3 Å². The molecule has 8 heteroatoms. The molecule has 2 aromatic rings. The van der Waals surface area contributed by atoms with Crippen LogP contribution in [0, 0.1) is 0 Å². The molecule has 8 nitrogen and oxygen atoms in total. The van der Waals surface area contributed by atoms with E-state index in [4.69, 9.17) is 10.2 Å². The Morgan fingerprint density at radius 1 is 1.21 bits per heavy atom. The quantitative estimate of drug-likeness (QED) is 0.868. The third kappa shape index (κ3) is 3.82. The minimum atomic E-state index is 0.111. The molecular weight excluding hydrogens is 306 g/mol. The molecule has 0 aromatic carbocycles. The molecule has 3 heterocycles. The molecule has 0 bridgehead atoms. The molecule has 1 unspecified atom stereocenters. The molecule has 3 rings (SSSR count). The molecule has 0 aliphatic carbocycles. The van der Waals surface area contributed by atoms with E-state index in [9.17, 15) is 0 Å². The van der Waals surface area contributed by atoms with E-state index in [1.165, 1.54) is 0 Å². The van der Waals surface area contributed by atoms with Gasteiger partial charge >= 0.3 is 0 Å². The molecular formula is C16H25N7O. The van der Waals surface area contributed by atoms with Crippen molar-refractivity contribution in [2.75, 3.05) is 50.9 Å². The van der Waals surface area contributed by atoms with E-state index in [0.717, 1.165) is 44.3 Å². The number of aromatic nitrogens is 3. The summed E-state index contributed by atoms with van der Waals surface area (Å²) in [7, 11) is 3.80. The number of anilines is 2. The van der Waals surface area contributed by atoms with Crippen molar-refractivity contribution >= 4 is 11.9 Å². The summed E-state index contributed by atoms with van der Waals surface area (Å²) in [5, 5.41) is 0. The number of rotatable bonds is 5. The highest BCUT2D eigenvalue weighted by molar-refractivity contribution is 5.33. The third-order valence-corrected chi connectivity index (χ3v) is 4.35. The zero-order chi connectivity index (χ0) is 17.1. The highest BCUT2D eigenvalue weighted by atomic mass is 16.3. The summed E-state index contributed by atoms with van der Waals surface area (Å²) in [5.74, 6) is 2.61. The Labute approximate surface area is 142 Å². The lowest BCUT2D eigenvalue weighted by Gasteiger charge is -2.37. The molecule has 1 aliphatic heterocycles. The molecule has 0 spiro atoms. The van der Waals surface area contributed by atoms with Gasteiger partial charge in [-0.25, -0.2) is 0 Å². The van der Waals surface area contributed by atoms with E-state index in [-0.39, 0.29) is 12.0 Å². The standard InChI is InChI=1S/C16H25N7O/c1-12(14-18-15(17)20-16(19-14)21(2)3)23-8-6-22(7-9-23)11-13-5-4-10-24-13/h4-5,10,12H,6-9,11H2,1-3H3,(H2,17,18,19,20). The Kier molecular flexibility index (Phi) is 4.96. The fourth-order valence-electron chi connectivity index (χ4n) is 2.88. The van der Waals surface area contributed by atoms with Crippen LogP contribution in [0.4, 0.5) is 11.9 Å². The molecule has 1 fully saturated rings. The predicted molar refractivity (Wildman–Crippen MR) is 92.5 cm³/mol. The van der Waals surface area contributed by atoms with Crippen LogP contribution in [0.5, 0.6) is 0 Å². The summed E-state index contributed by atoms with van der Waals surface area (Å²) in [5.41, 5.74) is 5.84. The normalized spacial score (nSPS) is 17.8. The van der Waals surface area contributed by atoms with Crippen LogP contribution in [0.3, 0.4) is 0 Å². The van der Waals surface area contributed by atoms with Gasteiger partial charge in [-0.05, 0) is 19.1 Å². The van der Waals surface area contributed by atoms with Crippen molar-refractivity contribution in [3.8, 4) is 0 Å². The molecule has 130 valence electrons. The van der Waals surface area contributed by atoms with E-state index < -0.39 is 0 Å². The zero-order valence-electron chi connectivity index (χ0n) is 14.5. The molecule has 0 amide bonds. The monoisotopic (exact) mass is 331 g/mol. The van der Waals surface area contributed by atoms with Gasteiger partial charge in [-0.2, -0.15) is 15.0 Å². The lowest BCUT2D eigenvalue weighted by atomic mass is 10.2. The first-order chi connectivity index (χ1) is 11.5. The van der Waals surface area contributed by atoms with Gasteiger partial charge in [0.2, 0.25) is 11.9 Å². The largest absolute Gasteiger partial charge is 0.468 e. The average molecular weight is 331 g/mol. The van der Waals surface area contributed by atoms with Gasteiger partial charge in [-0.3, -0.25) is 9.80 Å². The van der Waals surface area contributed by atoms with Gasteiger partial charge in [-0.15, -0.1) is 0 Å². The van der Waals surface area contributed by atoms with Crippen LogP contribution in [0.2, 0.25) is 0 Å². The smallest absolute Gasteiger partial charge is 0.229 e. The minimum Gasteiger partial charge on any atom is -0.468 e. The van der Waals surface area contributed by atoms with Crippen LogP contribution in [0.25, 0.3) is 0 Å². The first-order valence-corrected chi connectivity index (χ1v) is 8.20. The van der Waals surface area contributed by atoms with E-state index in [1.807, 2.05) is 31.1 Å². The molecule has 2 aromatic heterocycles. The molecule has 2 N–H and O–H groups in total. The van der Waals surface area contributed by atoms with Crippen LogP contribution in [-0.2, 0) is 6.54 Å². The average Bonchev–Trinajstić information content (AvgIpc) is 3.07. The summed E-state index contributed by atoms with van der Waals surface area (Å²) in [6, 6.07) is 4.06. The summed E-state index contributed by atoms with van der Waals surface area (Å²) < 4.78 is 5.43. The van der Waals surface area contributed by atoms with Crippen molar-refractivity contribution < 1.29 is 4.42 Å². The second-order valence-corrected chi connectivity index (χ2v) is 6.31. The Bertz CT molecular complexity index is 650. The summed E-state index contributed by atoms with van der Waals surface area (Å²) in [6.45, 7) is 6.89. The van der Waals surface area contributed by atoms with Crippen LogP contribution in [0.1, 0.15) is 24.6 Å². The molecule has 0 radical (unpaired) electrons. The number of furan rings is 1. The molecule has 1 atom stereocenters. The maximum absolute atomic E-state index is 5.84. The van der Waals surface area contributed by atoms with Crippen LogP contribution in [0.15, 0.2) is 22.8 Å². The summed E-state index contributed by atoms with van der Waals surface area (Å²) >= 11 is 0. The summed E-state index contributed by atoms with van der Waals surface area (Å²) in [4.78, 5) is 19.7. The Hall–Kier alpha value is -2.19. The van der Waals surface area contributed by atoms with Gasteiger partial charge in [-0.1, -0.05) is 0 Å². The highest BCUT2D eigenvalue weighted by Crippen LogP contribution is 2.21. The highest BCUT2D eigenvalue weighted by Gasteiger charge is 2.25. The maximum atomic E-state index is 5.84. The van der Waals surface area contributed by atoms with Gasteiger partial charge in [0.1, 0.15) is 5.76 Å². The van der Waals surface area contributed by atoms with Gasteiger partial charge in [0.15, 0.2) is 5.82 Å². The van der Waals surface area contributed by atoms with Crippen molar-refractivity contribution in [1.82, 2.24) is 24.8 Å². The lowest BCUT2D eigenvalue weighted by Crippen LogP contribution is -2.47. The maximum Gasteiger partial charge on any atom is 0.229 e. The van der Waals surface area contributed by atoms with Crippen LogP contribution < -0.4 is 10.6 Å². The van der Waals surface area contributed by atoms with E-state index in [0.29, 0.717) is 5.95 Å². The topological polar surface area (TPSA) is 87.5 Å². The number of hydrogen-bond donors (Lipinski definition) is 1. The van der Waals surface area contributed by atoms with Crippen molar-refractivity contribution in [3.05, 3.63) is 30.0 Å². The van der Waals surface area contributed by atoms with Crippen LogP contribution in [-0.4, -0.2) is 65.0 Å². The molecule has 0 saturated carbocycles. The second kappa shape index (κ2) is 7.14. The van der Waals surface area contributed by atoms with Gasteiger partial charge < -0.3 is 15.1 Å². The first-order valence-electron chi connectivity index (χ1n) is 8.20. The van der Waals surface area contributed by atoms with Crippen molar-refractivity contribution in [1.29, 1.82) is 0 Å². The molecule has 24 heavy (non-hydrogen) atoms. The number of nitrogens with zero attached hydrogens (tertiary/aromatic N) is 6. The Balaban J connectivity index is 1.61. The molecule has 1 aliphatic rings. The second-order valence-electron chi connectivity index (χ2n) is 6.31. The molecule has 1 saturated heterocycles. The fraction of sp³-hybridized carbons (Fsp3) is 0.562. The van der Waals surface area contributed by atoms with E-state index >= 15 is 0 Å². The van der Waals surface area contributed by atoms with E-state index in [2.05, 4.69) is 31.7 Å². The Morgan fingerprint density at radius 3 is 2.58 bits per heavy atom. The van der Waals surface area contributed by atoms with Crippen molar-refractivity contribution in [2.24, 2.45) is 0 Å². The van der Waals surface area contributed by atoms with E-state index in [1.54, 1.807) is 6.26 Å². The lowest BCUT2D eigenvalue weighted by molar-refractivity contribution is 0.0904. The minimum absolute atomic E-state index is 0.111. The zero-order valence-corrected chi connectivity index (χ0v) is 14.5. The predicted octanol–water partition coefficient (Wildman–Crippen LogP) is 0.992. The number of hydrogen-bond acceptors (Lipinski definition) is 8. The fourth-order valence-corrected chi connectivity index (χ4v) is 2.88.